The summed E-state index contributed by atoms with van der Waals surface area (Å²) in [6.45, 7) is 3.55. The van der Waals surface area contributed by atoms with Gasteiger partial charge in [0.15, 0.2) is 0 Å². The second kappa shape index (κ2) is 7.25. The number of pyridine rings is 1. The zero-order valence-corrected chi connectivity index (χ0v) is 13.4. The molecule has 3 heteroatoms. The first-order valence-corrected chi connectivity index (χ1v) is 8.16. The number of aryl methyl sites for hydroxylation is 1. The third-order valence-corrected chi connectivity index (χ3v) is 4.17. The average Bonchev–Trinajstić information content (AvgIpc) is 2.59. The third kappa shape index (κ3) is 3.69. The Balaban J connectivity index is 1.68. The second-order valence-corrected chi connectivity index (χ2v) is 5.77. The Morgan fingerprint density at radius 2 is 1.83 bits per heavy atom. The topological polar surface area (TPSA) is 44.9 Å². The van der Waals surface area contributed by atoms with Crippen LogP contribution in [0.25, 0.3) is 10.9 Å². The molecule has 0 unspecified atom stereocenters. The first kappa shape index (κ1) is 15.5. The molecule has 3 aromatic rings. The van der Waals surface area contributed by atoms with Gasteiger partial charge in [-0.2, -0.15) is 0 Å². The molecule has 2 N–H and O–H groups in total. The number of aromatic nitrogens is 1. The Morgan fingerprint density at radius 1 is 1.00 bits per heavy atom. The minimum Gasteiger partial charge on any atom is -0.321 e. The molecular formula is C20H22N2O. The van der Waals surface area contributed by atoms with Crippen molar-refractivity contribution in [2.24, 2.45) is 0 Å². The quantitative estimate of drug-likeness (QED) is 0.685. The van der Waals surface area contributed by atoms with Crippen molar-refractivity contribution < 1.29 is 0 Å². The van der Waals surface area contributed by atoms with Crippen LogP contribution in [0.4, 0.5) is 0 Å². The van der Waals surface area contributed by atoms with Gasteiger partial charge in [0.05, 0.1) is 5.52 Å². The van der Waals surface area contributed by atoms with Gasteiger partial charge in [0, 0.05) is 12.1 Å². The number of rotatable bonds is 6. The fraction of sp³-hybridized carbons (Fsp3) is 0.250. The van der Waals surface area contributed by atoms with Gasteiger partial charge in [0.1, 0.15) is 0 Å². The first-order chi connectivity index (χ1) is 11.3. The maximum Gasteiger partial charge on any atom is 0.252 e. The van der Waals surface area contributed by atoms with Gasteiger partial charge in [-0.05, 0) is 42.0 Å². The van der Waals surface area contributed by atoms with Crippen molar-refractivity contribution in [3.8, 4) is 0 Å². The SMILES string of the molecule is CCc1cccc2cc(CNCCc3ccccc3)c(=O)[nH]c12. The monoisotopic (exact) mass is 306 g/mol. The van der Waals surface area contributed by atoms with Gasteiger partial charge in [0.25, 0.3) is 5.56 Å². The van der Waals surface area contributed by atoms with Gasteiger partial charge < -0.3 is 10.3 Å². The zero-order valence-electron chi connectivity index (χ0n) is 13.4. The number of para-hydroxylation sites is 1. The Hall–Kier alpha value is -2.39. The van der Waals surface area contributed by atoms with Crippen LogP contribution in [0.5, 0.6) is 0 Å². The summed E-state index contributed by atoms with van der Waals surface area (Å²) in [5.74, 6) is 0. The van der Waals surface area contributed by atoms with Crippen LogP contribution >= 0.6 is 0 Å². The van der Waals surface area contributed by atoms with Crippen molar-refractivity contribution in [2.45, 2.75) is 26.3 Å². The fourth-order valence-corrected chi connectivity index (χ4v) is 2.87. The fourth-order valence-electron chi connectivity index (χ4n) is 2.87. The normalized spacial score (nSPS) is 11.0. The van der Waals surface area contributed by atoms with Crippen LogP contribution in [-0.2, 0) is 19.4 Å². The standard InChI is InChI=1S/C20H22N2O/c1-2-16-9-6-10-17-13-18(20(23)22-19(16)17)14-21-12-11-15-7-4-3-5-8-15/h3-10,13,21H,2,11-12,14H2,1H3,(H,22,23). The van der Waals surface area contributed by atoms with Gasteiger partial charge in [-0.15, -0.1) is 0 Å². The molecule has 0 saturated heterocycles. The first-order valence-electron chi connectivity index (χ1n) is 8.16. The number of aromatic amines is 1. The lowest BCUT2D eigenvalue weighted by Gasteiger charge is -2.08. The number of nitrogens with one attached hydrogen (secondary N) is 2. The van der Waals surface area contributed by atoms with Gasteiger partial charge in [0.2, 0.25) is 0 Å². The van der Waals surface area contributed by atoms with E-state index < -0.39 is 0 Å². The molecule has 0 atom stereocenters. The van der Waals surface area contributed by atoms with Gasteiger partial charge >= 0.3 is 0 Å². The molecule has 0 amide bonds. The van der Waals surface area contributed by atoms with Gasteiger partial charge in [-0.1, -0.05) is 55.5 Å². The lowest BCUT2D eigenvalue weighted by Crippen LogP contribution is -2.23. The molecule has 0 spiro atoms. The van der Waals surface area contributed by atoms with E-state index in [-0.39, 0.29) is 5.56 Å². The summed E-state index contributed by atoms with van der Waals surface area (Å²) in [7, 11) is 0. The van der Waals surface area contributed by atoms with Crippen LogP contribution in [0.1, 0.15) is 23.6 Å². The van der Waals surface area contributed by atoms with E-state index in [1.165, 1.54) is 11.1 Å². The zero-order chi connectivity index (χ0) is 16.1. The minimum absolute atomic E-state index is 0.00520. The summed E-state index contributed by atoms with van der Waals surface area (Å²) >= 11 is 0. The predicted molar refractivity (Wildman–Crippen MR) is 95.8 cm³/mol. The summed E-state index contributed by atoms with van der Waals surface area (Å²) in [6.07, 6.45) is 1.88. The van der Waals surface area contributed by atoms with E-state index in [1.807, 2.05) is 18.2 Å². The van der Waals surface area contributed by atoms with Crippen LogP contribution in [0.2, 0.25) is 0 Å². The summed E-state index contributed by atoms with van der Waals surface area (Å²) < 4.78 is 0. The summed E-state index contributed by atoms with van der Waals surface area (Å²) in [6, 6.07) is 18.5. The molecule has 0 aliphatic heterocycles. The summed E-state index contributed by atoms with van der Waals surface area (Å²) in [4.78, 5) is 15.3. The lowest BCUT2D eigenvalue weighted by atomic mass is 10.1. The molecule has 0 saturated carbocycles. The Kier molecular flexibility index (Phi) is 4.89. The van der Waals surface area contributed by atoms with Crippen molar-refractivity contribution >= 4 is 10.9 Å². The van der Waals surface area contributed by atoms with E-state index >= 15 is 0 Å². The Bertz CT molecular complexity index is 837. The Morgan fingerprint density at radius 3 is 2.61 bits per heavy atom. The Labute approximate surface area is 136 Å². The molecule has 1 aromatic heterocycles. The van der Waals surface area contributed by atoms with E-state index in [1.54, 1.807) is 0 Å². The smallest absolute Gasteiger partial charge is 0.252 e. The molecule has 3 nitrogen and oxygen atoms in total. The third-order valence-electron chi connectivity index (χ3n) is 4.17. The molecule has 0 aliphatic carbocycles. The minimum atomic E-state index is 0.00520. The molecule has 118 valence electrons. The van der Waals surface area contributed by atoms with Gasteiger partial charge in [-0.3, -0.25) is 4.79 Å². The number of H-pyrrole nitrogens is 1. The number of benzene rings is 2. The number of hydrogen-bond donors (Lipinski definition) is 2. The highest BCUT2D eigenvalue weighted by atomic mass is 16.1. The molecule has 3 rings (SSSR count). The molecular weight excluding hydrogens is 284 g/mol. The largest absolute Gasteiger partial charge is 0.321 e. The van der Waals surface area contributed by atoms with Crippen LogP contribution in [0.15, 0.2) is 59.4 Å². The maximum absolute atomic E-state index is 12.3. The number of fused-ring (bicyclic) bond motifs is 1. The summed E-state index contributed by atoms with van der Waals surface area (Å²) in [5, 5.41) is 4.47. The predicted octanol–water partition coefficient (Wildman–Crippen LogP) is 3.42. The molecule has 0 fully saturated rings. The molecule has 1 heterocycles. The van der Waals surface area contributed by atoms with E-state index in [9.17, 15) is 4.79 Å². The molecule has 0 radical (unpaired) electrons. The number of hydrogen-bond acceptors (Lipinski definition) is 2. The van der Waals surface area contributed by atoms with Crippen molar-refractivity contribution in [1.29, 1.82) is 0 Å². The van der Waals surface area contributed by atoms with Crippen LogP contribution < -0.4 is 10.9 Å². The molecule has 23 heavy (non-hydrogen) atoms. The van der Waals surface area contributed by atoms with Crippen molar-refractivity contribution in [3.05, 3.63) is 81.6 Å². The average molecular weight is 306 g/mol. The van der Waals surface area contributed by atoms with E-state index in [0.29, 0.717) is 6.54 Å². The van der Waals surface area contributed by atoms with E-state index in [4.69, 9.17) is 0 Å². The molecule has 2 aromatic carbocycles. The second-order valence-electron chi connectivity index (χ2n) is 5.77. The van der Waals surface area contributed by atoms with Gasteiger partial charge in [-0.25, -0.2) is 0 Å². The highest BCUT2D eigenvalue weighted by Gasteiger charge is 2.05. The molecule has 0 aliphatic rings. The maximum atomic E-state index is 12.3. The highest BCUT2D eigenvalue weighted by Crippen LogP contribution is 2.16. The van der Waals surface area contributed by atoms with Crippen molar-refractivity contribution in [2.75, 3.05) is 6.54 Å². The lowest BCUT2D eigenvalue weighted by molar-refractivity contribution is 0.683. The molecule has 0 bridgehead atoms. The van der Waals surface area contributed by atoms with Crippen molar-refractivity contribution in [1.82, 2.24) is 10.3 Å². The van der Waals surface area contributed by atoms with E-state index in [2.05, 4.69) is 53.6 Å². The van der Waals surface area contributed by atoms with Crippen LogP contribution in [0.3, 0.4) is 0 Å². The van der Waals surface area contributed by atoms with E-state index in [0.717, 1.165) is 35.9 Å². The highest BCUT2D eigenvalue weighted by molar-refractivity contribution is 5.82. The van der Waals surface area contributed by atoms with Crippen molar-refractivity contribution in [3.63, 3.8) is 0 Å². The van der Waals surface area contributed by atoms with Crippen LogP contribution in [0, 0.1) is 0 Å². The summed E-state index contributed by atoms with van der Waals surface area (Å²) in [5.41, 5.74) is 4.25. The van der Waals surface area contributed by atoms with Crippen LogP contribution in [-0.4, -0.2) is 11.5 Å².